The third-order valence-electron chi connectivity index (χ3n) is 3.56. The predicted molar refractivity (Wildman–Crippen MR) is 74.5 cm³/mol. The van der Waals surface area contributed by atoms with Crippen LogP contribution in [0, 0.1) is 5.41 Å². The molecule has 0 aliphatic carbocycles. The second-order valence-electron chi connectivity index (χ2n) is 4.95. The molecule has 0 bridgehead atoms. The number of fused-ring (bicyclic) bond motifs is 1. The fourth-order valence-electron chi connectivity index (χ4n) is 2.40. The van der Waals surface area contributed by atoms with Crippen LogP contribution in [0.15, 0.2) is 12.7 Å². The lowest BCUT2D eigenvalue weighted by Gasteiger charge is -2.17. The Morgan fingerprint density at radius 1 is 1.35 bits per heavy atom. The standard InChI is InChI=1S/C11H15N7O5/c12-11(13)18(22)9-5-8(14-2-15-9)17(3-16-5)10-7(21)6(20)4(1-19)23-10/h2-4,6-7,10,19-22H,1H2,(H3,12,13)/t4-,6-,7-,10-/m1/s1. The van der Waals surface area contributed by atoms with Crippen molar-refractivity contribution in [3.8, 4) is 0 Å². The Hall–Kier alpha value is -2.38. The number of nitrogens with two attached hydrogens (primary N) is 1. The van der Waals surface area contributed by atoms with Gasteiger partial charge in [-0.05, 0) is 0 Å². The maximum Gasteiger partial charge on any atom is 0.219 e. The third-order valence-corrected chi connectivity index (χ3v) is 3.56. The Balaban J connectivity index is 2.04. The summed E-state index contributed by atoms with van der Waals surface area (Å²) in [5.74, 6) is -0.777. The van der Waals surface area contributed by atoms with Gasteiger partial charge in [0.25, 0.3) is 0 Å². The Morgan fingerprint density at radius 3 is 2.70 bits per heavy atom. The molecule has 2 aromatic heterocycles. The monoisotopic (exact) mass is 325 g/mol. The number of nitrogens with one attached hydrogen (secondary N) is 1. The summed E-state index contributed by atoms with van der Waals surface area (Å²) < 4.78 is 6.74. The van der Waals surface area contributed by atoms with Crippen molar-refractivity contribution >= 4 is 22.9 Å². The van der Waals surface area contributed by atoms with Crippen LogP contribution in [0.4, 0.5) is 5.82 Å². The van der Waals surface area contributed by atoms with Gasteiger partial charge in [0.15, 0.2) is 23.2 Å². The number of ether oxygens (including phenoxy) is 1. The lowest BCUT2D eigenvalue weighted by Crippen LogP contribution is -2.34. The number of hydrogen-bond donors (Lipinski definition) is 6. The quantitative estimate of drug-likeness (QED) is 0.200. The zero-order valence-electron chi connectivity index (χ0n) is 11.7. The molecule has 3 rings (SSSR count). The van der Waals surface area contributed by atoms with Crippen LogP contribution in [0.25, 0.3) is 11.2 Å². The van der Waals surface area contributed by atoms with Crippen LogP contribution >= 0.6 is 0 Å². The van der Waals surface area contributed by atoms with Crippen LogP contribution in [-0.4, -0.2) is 70.9 Å². The van der Waals surface area contributed by atoms with Crippen LogP contribution in [0.2, 0.25) is 0 Å². The molecule has 1 aliphatic rings. The maximum atomic E-state index is 10.1. The van der Waals surface area contributed by atoms with Crippen LogP contribution in [0.5, 0.6) is 0 Å². The second-order valence-corrected chi connectivity index (χ2v) is 4.95. The highest BCUT2D eigenvalue weighted by Crippen LogP contribution is 2.32. The van der Waals surface area contributed by atoms with Gasteiger partial charge in [-0.2, -0.15) is 5.06 Å². The minimum absolute atomic E-state index is 0.114. The molecule has 0 unspecified atom stereocenters. The third kappa shape index (κ3) is 2.38. The summed E-state index contributed by atoms with van der Waals surface area (Å²) in [7, 11) is 0. The van der Waals surface area contributed by atoms with Gasteiger partial charge in [-0.1, -0.05) is 0 Å². The largest absolute Gasteiger partial charge is 0.394 e. The molecular weight excluding hydrogens is 310 g/mol. The fraction of sp³-hybridized carbons (Fsp3) is 0.455. The number of rotatable bonds is 3. The van der Waals surface area contributed by atoms with E-state index in [2.05, 4.69) is 15.0 Å². The normalized spacial score (nSPS) is 27.5. The summed E-state index contributed by atoms with van der Waals surface area (Å²) in [5, 5.41) is 46.3. The van der Waals surface area contributed by atoms with E-state index in [0.717, 1.165) is 6.33 Å². The summed E-state index contributed by atoms with van der Waals surface area (Å²) in [6.45, 7) is -0.462. The maximum absolute atomic E-state index is 10.1. The van der Waals surface area contributed by atoms with Crippen LogP contribution in [-0.2, 0) is 4.74 Å². The van der Waals surface area contributed by atoms with Crippen molar-refractivity contribution in [3.63, 3.8) is 0 Å². The molecule has 0 aromatic carbocycles. The zero-order valence-corrected chi connectivity index (χ0v) is 11.7. The summed E-state index contributed by atoms with van der Waals surface area (Å²) in [6, 6.07) is 0. The fourth-order valence-corrected chi connectivity index (χ4v) is 2.40. The van der Waals surface area contributed by atoms with Gasteiger partial charge in [0.2, 0.25) is 5.96 Å². The van der Waals surface area contributed by atoms with Crippen molar-refractivity contribution in [2.75, 3.05) is 11.7 Å². The molecule has 7 N–H and O–H groups in total. The summed E-state index contributed by atoms with van der Waals surface area (Å²) in [4.78, 5) is 11.8. The molecule has 0 saturated carbocycles. The molecule has 23 heavy (non-hydrogen) atoms. The van der Waals surface area contributed by atoms with Crippen molar-refractivity contribution in [2.45, 2.75) is 24.5 Å². The van der Waals surface area contributed by atoms with Gasteiger partial charge in [0.05, 0.1) is 12.9 Å². The highest BCUT2D eigenvalue weighted by atomic mass is 16.6. The smallest absolute Gasteiger partial charge is 0.219 e. The number of aromatic nitrogens is 4. The molecule has 0 spiro atoms. The first-order chi connectivity index (χ1) is 11.0. The number of aliphatic hydroxyl groups excluding tert-OH is 3. The van der Waals surface area contributed by atoms with Gasteiger partial charge >= 0.3 is 0 Å². The molecule has 2 aromatic rings. The van der Waals surface area contributed by atoms with Crippen molar-refractivity contribution < 1.29 is 25.3 Å². The van der Waals surface area contributed by atoms with Crippen LogP contribution in [0.1, 0.15) is 6.23 Å². The Bertz CT molecular complexity index is 737. The van der Waals surface area contributed by atoms with E-state index in [0.29, 0.717) is 5.06 Å². The molecule has 1 aliphatic heterocycles. The van der Waals surface area contributed by atoms with E-state index in [1.807, 2.05) is 0 Å². The zero-order chi connectivity index (χ0) is 16.7. The number of aliphatic hydroxyl groups is 3. The topological polar surface area (TPSA) is 187 Å². The Kier molecular flexibility index (Phi) is 3.83. The molecule has 4 atom stereocenters. The van der Waals surface area contributed by atoms with Crippen molar-refractivity contribution in [2.24, 2.45) is 5.73 Å². The van der Waals surface area contributed by atoms with E-state index < -0.39 is 37.1 Å². The lowest BCUT2D eigenvalue weighted by atomic mass is 10.1. The number of imidazole rings is 1. The van der Waals surface area contributed by atoms with E-state index in [4.69, 9.17) is 21.0 Å². The number of hydroxylamine groups is 1. The molecular formula is C11H15N7O5. The number of hydrogen-bond acceptors (Lipinski definition) is 9. The lowest BCUT2D eigenvalue weighted by molar-refractivity contribution is -0.0511. The van der Waals surface area contributed by atoms with Gasteiger partial charge in [-0.25, -0.2) is 15.0 Å². The SMILES string of the molecule is N=C(N)N(O)c1ncnc2c1ncn2[C@@H]1O[C@H](CO)[C@@H](O)[C@H]1O. The number of nitrogens with zero attached hydrogens (tertiary/aromatic N) is 5. The van der Waals surface area contributed by atoms with Gasteiger partial charge in [-0.3, -0.25) is 15.2 Å². The first kappa shape index (κ1) is 15.5. The minimum atomic E-state index is -1.30. The molecule has 0 radical (unpaired) electrons. The number of guanidine groups is 1. The molecule has 3 heterocycles. The first-order valence-electron chi connectivity index (χ1n) is 6.58. The van der Waals surface area contributed by atoms with E-state index in [1.165, 1.54) is 10.9 Å². The van der Waals surface area contributed by atoms with Crippen LogP contribution < -0.4 is 10.8 Å². The van der Waals surface area contributed by atoms with Gasteiger partial charge in [0.1, 0.15) is 24.6 Å². The van der Waals surface area contributed by atoms with E-state index in [-0.39, 0.29) is 17.0 Å². The van der Waals surface area contributed by atoms with E-state index >= 15 is 0 Å². The van der Waals surface area contributed by atoms with Gasteiger partial charge in [0, 0.05) is 0 Å². The highest BCUT2D eigenvalue weighted by molar-refractivity contribution is 5.96. The minimum Gasteiger partial charge on any atom is -0.394 e. The van der Waals surface area contributed by atoms with Crippen molar-refractivity contribution in [1.29, 1.82) is 5.41 Å². The van der Waals surface area contributed by atoms with Gasteiger partial charge < -0.3 is 25.8 Å². The van der Waals surface area contributed by atoms with Crippen molar-refractivity contribution in [1.82, 2.24) is 19.5 Å². The average molecular weight is 325 g/mol. The van der Waals surface area contributed by atoms with E-state index in [9.17, 15) is 15.4 Å². The summed E-state index contributed by atoms with van der Waals surface area (Å²) >= 11 is 0. The predicted octanol–water partition coefficient (Wildman–Crippen LogP) is -2.47. The Labute approximate surface area is 128 Å². The highest BCUT2D eigenvalue weighted by Gasteiger charge is 2.44. The van der Waals surface area contributed by atoms with Crippen molar-refractivity contribution in [3.05, 3.63) is 12.7 Å². The molecule has 12 heteroatoms. The molecule has 1 saturated heterocycles. The first-order valence-corrected chi connectivity index (χ1v) is 6.58. The number of anilines is 1. The van der Waals surface area contributed by atoms with Gasteiger partial charge in [-0.15, -0.1) is 0 Å². The molecule has 124 valence electrons. The summed E-state index contributed by atoms with van der Waals surface area (Å²) in [5.41, 5.74) is 5.50. The molecule has 0 amide bonds. The molecule has 12 nitrogen and oxygen atoms in total. The average Bonchev–Trinajstić information content (AvgIpc) is 3.08. The van der Waals surface area contributed by atoms with E-state index in [1.54, 1.807) is 0 Å². The second kappa shape index (κ2) is 5.68. The Morgan fingerprint density at radius 2 is 2.09 bits per heavy atom. The van der Waals surface area contributed by atoms with Crippen LogP contribution in [0.3, 0.4) is 0 Å². The molecule has 1 fully saturated rings. The summed E-state index contributed by atoms with van der Waals surface area (Å²) in [6.07, 6.45) is -2.16.